The lowest BCUT2D eigenvalue weighted by Crippen LogP contribution is -2.11. The zero-order valence-corrected chi connectivity index (χ0v) is 10.4. The van der Waals surface area contributed by atoms with E-state index in [4.69, 9.17) is 14.2 Å². The molecule has 0 atom stereocenters. The first-order valence-electron chi connectivity index (χ1n) is 6.30. The third-order valence-corrected chi connectivity index (χ3v) is 2.62. The van der Waals surface area contributed by atoms with Crippen molar-refractivity contribution in [2.45, 2.75) is 26.1 Å². The van der Waals surface area contributed by atoms with Gasteiger partial charge in [-0.1, -0.05) is 0 Å². The minimum Gasteiger partial charge on any atom is -0.381 e. The highest BCUT2D eigenvalue weighted by Gasteiger charge is 2.02. The standard InChI is InChI=1S/C13H19NO4/c15-13-7-11-9-17-5-1-3-16-4-2-6-18-10-12(8-13)14-11/h7-8H,1-6,9-10H2,(H,14,15). The molecule has 5 nitrogen and oxygen atoms in total. The molecule has 5 heteroatoms. The van der Waals surface area contributed by atoms with E-state index in [0.717, 1.165) is 24.2 Å². The molecule has 0 saturated carbocycles. The summed E-state index contributed by atoms with van der Waals surface area (Å²) in [5.41, 5.74) is 1.57. The van der Waals surface area contributed by atoms with Gasteiger partial charge in [0.25, 0.3) is 0 Å². The summed E-state index contributed by atoms with van der Waals surface area (Å²) in [4.78, 5) is 14.7. The summed E-state index contributed by atoms with van der Waals surface area (Å²) >= 11 is 0. The van der Waals surface area contributed by atoms with E-state index in [2.05, 4.69) is 4.98 Å². The predicted molar refractivity (Wildman–Crippen MR) is 66.4 cm³/mol. The first-order chi connectivity index (χ1) is 8.84. The van der Waals surface area contributed by atoms with Crippen LogP contribution >= 0.6 is 0 Å². The molecule has 1 N–H and O–H groups in total. The average Bonchev–Trinajstić information content (AvgIpc) is 2.34. The van der Waals surface area contributed by atoms with Crippen LogP contribution in [0.4, 0.5) is 0 Å². The number of nitrogens with one attached hydrogen (secondary N) is 1. The van der Waals surface area contributed by atoms with Gasteiger partial charge in [-0.05, 0) is 12.8 Å². The summed E-state index contributed by atoms with van der Waals surface area (Å²) in [6.45, 7) is 3.53. The summed E-state index contributed by atoms with van der Waals surface area (Å²) in [5, 5.41) is 0. The van der Waals surface area contributed by atoms with Crippen molar-refractivity contribution in [1.82, 2.24) is 4.98 Å². The van der Waals surface area contributed by atoms with Crippen molar-refractivity contribution < 1.29 is 14.2 Å². The van der Waals surface area contributed by atoms with Gasteiger partial charge in [0.05, 0.1) is 13.2 Å². The number of hydrogen-bond acceptors (Lipinski definition) is 4. The van der Waals surface area contributed by atoms with Crippen LogP contribution < -0.4 is 5.43 Å². The fourth-order valence-corrected chi connectivity index (χ4v) is 1.81. The Morgan fingerprint density at radius 1 is 0.833 bits per heavy atom. The summed E-state index contributed by atoms with van der Waals surface area (Å²) in [6, 6.07) is 3.12. The van der Waals surface area contributed by atoms with Crippen molar-refractivity contribution in [3.8, 4) is 0 Å². The lowest BCUT2D eigenvalue weighted by Gasteiger charge is -2.10. The maximum absolute atomic E-state index is 11.5. The van der Waals surface area contributed by atoms with E-state index in [0.29, 0.717) is 39.6 Å². The van der Waals surface area contributed by atoms with E-state index in [1.54, 1.807) is 12.1 Å². The summed E-state index contributed by atoms with van der Waals surface area (Å²) in [6.07, 6.45) is 1.73. The molecular formula is C13H19NO4. The van der Waals surface area contributed by atoms with E-state index >= 15 is 0 Å². The Kier molecular flexibility index (Phi) is 5.38. The molecule has 0 fully saturated rings. The van der Waals surface area contributed by atoms with Crippen LogP contribution in [0.2, 0.25) is 0 Å². The lowest BCUT2D eigenvalue weighted by atomic mass is 10.3. The van der Waals surface area contributed by atoms with Gasteiger partial charge in [-0.25, -0.2) is 0 Å². The van der Waals surface area contributed by atoms with E-state index in [9.17, 15) is 4.79 Å². The molecule has 0 spiro atoms. The number of pyridine rings is 1. The third kappa shape index (κ3) is 4.60. The van der Waals surface area contributed by atoms with E-state index in [1.165, 1.54) is 0 Å². The third-order valence-electron chi connectivity index (χ3n) is 2.62. The number of aromatic nitrogens is 1. The molecule has 1 aliphatic heterocycles. The minimum atomic E-state index is -0.0126. The quantitative estimate of drug-likeness (QED) is 0.755. The summed E-state index contributed by atoms with van der Waals surface area (Å²) in [5.74, 6) is 0. The van der Waals surface area contributed by atoms with Crippen molar-refractivity contribution in [3.63, 3.8) is 0 Å². The number of ether oxygens (including phenoxy) is 3. The monoisotopic (exact) mass is 253 g/mol. The van der Waals surface area contributed by atoms with Crippen LogP contribution in [-0.2, 0) is 27.4 Å². The van der Waals surface area contributed by atoms with Gasteiger partial charge in [0.15, 0.2) is 5.43 Å². The Morgan fingerprint density at radius 3 is 1.89 bits per heavy atom. The van der Waals surface area contributed by atoms with Crippen LogP contribution in [0, 0.1) is 0 Å². The molecule has 2 bridgehead atoms. The number of aromatic amines is 1. The molecule has 18 heavy (non-hydrogen) atoms. The summed E-state index contributed by atoms with van der Waals surface area (Å²) in [7, 11) is 0. The molecule has 1 aromatic rings. The van der Waals surface area contributed by atoms with Crippen molar-refractivity contribution in [2.75, 3.05) is 26.4 Å². The number of H-pyrrole nitrogens is 1. The second-order valence-electron chi connectivity index (χ2n) is 4.29. The first-order valence-corrected chi connectivity index (χ1v) is 6.30. The molecule has 0 aliphatic carbocycles. The second-order valence-corrected chi connectivity index (χ2v) is 4.29. The van der Waals surface area contributed by atoms with Gasteiger partial charge in [-0.3, -0.25) is 4.79 Å². The first kappa shape index (κ1) is 13.3. The highest BCUT2D eigenvalue weighted by atomic mass is 16.5. The zero-order chi connectivity index (χ0) is 12.6. The average molecular weight is 253 g/mol. The predicted octanol–water partition coefficient (Wildman–Crippen LogP) is 1.22. The van der Waals surface area contributed by atoms with E-state index in [1.807, 2.05) is 0 Å². The van der Waals surface area contributed by atoms with Gasteiger partial charge in [-0.15, -0.1) is 0 Å². The van der Waals surface area contributed by atoms with Gasteiger partial charge in [0, 0.05) is 49.9 Å². The Balaban J connectivity index is 2.01. The summed E-state index contributed by atoms with van der Waals surface area (Å²) < 4.78 is 16.4. The lowest BCUT2D eigenvalue weighted by molar-refractivity contribution is 0.0522. The largest absolute Gasteiger partial charge is 0.381 e. The number of hydrogen-bond donors (Lipinski definition) is 1. The Hall–Kier alpha value is -1.17. The normalized spacial score (nSPS) is 19.1. The minimum absolute atomic E-state index is 0.0126. The molecule has 0 saturated heterocycles. The maximum Gasteiger partial charge on any atom is 0.182 e. The Labute approximate surface area is 106 Å². The van der Waals surface area contributed by atoms with Crippen LogP contribution in [0.15, 0.2) is 16.9 Å². The second kappa shape index (κ2) is 7.31. The molecule has 0 amide bonds. The molecule has 0 unspecified atom stereocenters. The molecule has 1 aromatic heterocycles. The van der Waals surface area contributed by atoms with Crippen LogP contribution in [0.25, 0.3) is 0 Å². The number of fused-ring (bicyclic) bond motifs is 2. The Bertz CT molecular complexity index is 382. The Morgan fingerprint density at radius 2 is 1.33 bits per heavy atom. The van der Waals surface area contributed by atoms with Crippen LogP contribution in [0.5, 0.6) is 0 Å². The fourth-order valence-electron chi connectivity index (χ4n) is 1.81. The molecular weight excluding hydrogens is 234 g/mol. The fraction of sp³-hybridized carbons (Fsp3) is 0.615. The molecule has 1 aliphatic rings. The van der Waals surface area contributed by atoms with E-state index in [-0.39, 0.29) is 5.43 Å². The number of rotatable bonds is 0. The van der Waals surface area contributed by atoms with Crippen LogP contribution in [0.3, 0.4) is 0 Å². The van der Waals surface area contributed by atoms with Crippen molar-refractivity contribution in [3.05, 3.63) is 33.7 Å². The van der Waals surface area contributed by atoms with Crippen molar-refractivity contribution >= 4 is 0 Å². The van der Waals surface area contributed by atoms with Gasteiger partial charge >= 0.3 is 0 Å². The SMILES string of the molecule is O=c1cc2[nH]c(c1)COCCCOCCCOC2. The molecule has 0 aromatic carbocycles. The molecule has 100 valence electrons. The van der Waals surface area contributed by atoms with Gasteiger partial charge in [0.1, 0.15) is 0 Å². The molecule has 0 radical (unpaired) electrons. The highest BCUT2D eigenvalue weighted by Crippen LogP contribution is 2.01. The van der Waals surface area contributed by atoms with E-state index < -0.39 is 0 Å². The van der Waals surface area contributed by atoms with Crippen molar-refractivity contribution in [1.29, 1.82) is 0 Å². The maximum atomic E-state index is 11.5. The molecule has 2 rings (SSSR count). The topological polar surface area (TPSA) is 60.6 Å². The zero-order valence-electron chi connectivity index (χ0n) is 10.4. The smallest absolute Gasteiger partial charge is 0.182 e. The van der Waals surface area contributed by atoms with Crippen LogP contribution in [0.1, 0.15) is 24.2 Å². The van der Waals surface area contributed by atoms with Gasteiger partial charge in [-0.2, -0.15) is 0 Å². The molecule has 2 heterocycles. The van der Waals surface area contributed by atoms with Gasteiger partial charge in [0.2, 0.25) is 0 Å². The van der Waals surface area contributed by atoms with Gasteiger partial charge < -0.3 is 19.2 Å². The highest BCUT2D eigenvalue weighted by molar-refractivity contribution is 5.10. The van der Waals surface area contributed by atoms with Crippen molar-refractivity contribution in [2.24, 2.45) is 0 Å². The van der Waals surface area contributed by atoms with Crippen LogP contribution in [-0.4, -0.2) is 31.4 Å².